The molecule has 0 aliphatic carbocycles. The van der Waals surface area contributed by atoms with Gasteiger partial charge in [0.05, 0.1) is 12.4 Å². The first-order valence-electron chi connectivity index (χ1n) is 4.66. The van der Waals surface area contributed by atoms with Gasteiger partial charge < -0.3 is 15.7 Å². The minimum absolute atomic E-state index is 0.149. The number of ether oxygens (including phenoxy) is 1. The molecule has 0 amide bonds. The van der Waals surface area contributed by atoms with E-state index < -0.39 is 0 Å². The van der Waals surface area contributed by atoms with Gasteiger partial charge in [-0.2, -0.15) is 5.10 Å². The van der Waals surface area contributed by atoms with Crippen LogP contribution in [0.25, 0.3) is 0 Å². The SMILES string of the molecule is Cn1cc(Oc2nccnc2/C(N)=N/O)cn1. The van der Waals surface area contributed by atoms with Gasteiger partial charge >= 0.3 is 0 Å². The summed E-state index contributed by atoms with van der Waals surface area (Å²) in [7, 11) is 1.76. The lowest BCUT2D eigenvalue weighted by Gasteiger charge is -2.05. The first-order chi connectivity index (χ1) is 8.20. The maximum Gasteiger partial charge on any atom is 0.249 e. The van der Waals surface area contributed by atoms with Crippen LogP contribution in [0.5, 0.6) is 11.6 Å². The molecule has 3 N–H and O–H groups in total. The summed E-state index contributed by atoms with van der Waals surface area (Å²) >= 11 is 0. The third-order valence-electron chi connectivity index (χ3n) is 1.91. The van der Waals surface area contributed by atoms with E-state index >= 15 is 0 Å². The van der Waals surface area contributed by atoms with Crippen LogP contribution in [0.2, 0.25) is 0 Å². The van der Waals surface area contributed by atoms with Crippen molar-refractivity contribution in [2.24, 2.45) is 17.9 Å². The fraction of sp³-hybridized carbons (Fsp3) is 0.111. The van der Waals surface area contributed by atoms with Crippen molar-refractivity contribution < 1.29 is 9.94 Å². The summed E-state index contributed by atoms with van der Waals surface area (Å²) in [5.41, 5.74) is 5.62. The van der Waals surface area contributed by atoms with Crippen molar-refractivity contribution in [2.75, 3.05) is 0 Å². The molecule has 0 spiro atoms. The summed E-state index contributed by atoms with van der Waals surface area (Å²) in [6.07, 6.45) is 6.04. The Morgan fingerprint density at radius 3 is 2.88 bits per heavy atom. The molecule has 0 unspecified atom stereocenters. The number of hydrogen-bond donors (Lipinski definition) is 2. The molecule has 0 saturated heterocycles. The molecule has 0 aliphatic heterocycles. The lowest BCUT2D eigenvalue weighted by atomic mass is 10.4. The summed E-state index contributed by atoms with van der Waals surface area (Å²) in [5, 5.41) is 15.4. The van der Waals surface area contributed by atoms with Crippen LogP contribution in [0.3, 0.4) is 0 Å². The number of nitrogens with zero attached hydrogens (tertiary/aromatic N) is 5. The van der Waals surface area contributed by atoms with Crippen molar-refractivity contribution in [3.63, 3.8) is 0 Å². The third kappa shape index (κ3) is 2.30. The van der Waals surface area contributed by atoms with Gasteiger partial charge in [0.1, 0.15) is 0 Å². The van der Waals surface area contributed by atoms with Crippen LogP contribution in [0.4, 0.5) is 0 Å². The Morgan fingerprint density at radius 1 is 1.47 bits per heavy atom. The number of hydrogen-bond acceptors (Lipinski definition) is 6. The average molecular weight is 234 g/mol. The number of aromatic nitrogens is 4. The van der Waals surface area contributed by atoms with Crippen LogP contribution in [-0.2, 0) is 7.05 Å². The fourth-order valence-electron chi connectivity index (χ4n) is 1.19. The smallest absolute Gasteiger partial charge is 0.249 e. The van der Waals surface area contributed by atoms with E-state index in [-0.39, 0.29) is 17.4 Å². The van der Waals surface area contributed by atoms with Crippen molar-refractivity contribution >= 4 is 5.84 Å². The molecule has 2 aromatic heterocycles. The van der Waals surface area contributed by atoms with E-state index in [2.05, 4.69) is 20.2 Å². The van der Waals surface area contributed by atoms with Crippen LogP contribution in [0.1, 0.15) is 5.69 Å². The van der Waals surface area contributed by atoms with E-state index in [0.29, 0.717) is 5.75 Å². The van der Waals surface area contributed by atoms with Crippen molar-refractivity contribution in [2.45, 2.75) is 0 Å². The molecule has 17 heavy (non-hydrogen) atoms. The topological polar surface area (TPSA) is 111 Å². The van der Waals surface area contributed by atoms with Gasteiger partial charge in [-0.3, -0.25) is 4.68 Å². The predicted molar refractivity (Wildman–Crippen MR) is 57.8 cm³/mol. The predicted octanol–water partition coefficient (Wildman–Crippen LogP) is 0.0969. The number of nitrogens with two attached hydrogens (primary N) is 1. The molecular formula is C9H10N6O2. The molecule has 0 aliphatic rings. The fourth-order valence-corrected chi connectivity index (χ4v) is 1.19. The van der Waals surface area contributed by atoms with E-state index in [1.807, 2.05) is 0 Å². The standard InChI is InChI=1S/C9H10N6O2/c1-15-5-6(4-13-15)17-9-7(8(10)14-16)11-2-3-12-9/h2-5,16H,1H3,(H2,10,14). The Hall–Kier alpha value is -2.64. The number of amidine groups is 1. The second-order valence-electron chi connectivity index (χ2n) is 3.15. The monoisotopic (exact) mass is 234 g/mol. The van der Waals surface area contributed by atoms with Crippen molar-refractivity contribution in [1.82, 2.24) is 19.7 Å². The molecule has 0 radical (unpaired) electrons. The van der Waals surface area contributed by atoms with E-state index in [1.165, 1.54) is 18.6 Å². The van der Waals surface area contributed by atoms with Gasteiger partial charge in [-0.05, 0) is 0 Å². The highest BCUT2D eigenvalue weighted by atomic mass is 16.5. The van der Waals surface area contributed by atoms with Crippen molar-refractivity contribution in [3.05, 3.63) is 30.5 Å². The molecule has 2 rings (SSSR count). The summed E-state index contributed by atoms with van der Waals surface area (Å²) in [4.78, 5) is 7.88. The van der Waals surface area contributed by atoms with Gasteiger partial charge in [-0.15, -0.1) is 0 Å². The number of oxime groups is 1. The molecule has 0 saturated carbocycles. The average Bonchev–Trinajstić information content (AvgIpc) is 2.74. The largest absolute Gasteiger partial charge is 0.434 e. The van der Waals surface area contributed by atoms with Crippen LogP contribution >= 0.6 is 0 Å². The molecule has 0 bridgehead atoms. The van der Waals surface area contributed by atoms with Gasteiger partial charge in [0.25, 0.3) is 0 Å². The Kier molecular flexibility index (Phi) is 2.86. The minimum Gasteiger partial charge on any atom is -0.434 e. The highest BCUT2D eigenvalue weighted by molar-refractivity contribution is 5.97. The third-order valence-corrected chi connectivity index (χ3v) is 1.91. The first kappa shape index (κ1) is 10.9. The van der Waals surface area contributed by atoms with Crippen molar-refractivity contribution in [1.29, 1.82) is 0 Å². The van der Waals surface area contributed by atoms with E-state index in [0.717, 1.165) is 0 Å². The maximum atomic E-state index is 8.61. The number of rotatable bonds is 3. The Labute approximate surface area is 96.4 Å². The van der Waals surface area contributed by atoms with Gasteiger partial charge in [0, 0.05) is 19.4 Å². The van der Waals surface area contributed by atoms with Gasteiger partial charge in [-0.1, -0.05) is 5.16 Å². The Balaban J connectivity index is 2.32. The molecule has 0 aromatic carbocycles. The van der Waals surface area contributed by atoms with Crippen LogP contribution < -0.4 is 10.5 Å². The van der Waals surface area contributed by atoms with Crippen LogP contribution in [0, 0.1) is 0 Å². The molecular weight excluding hydrogens is 224 g/mol. The summed E-state index contributed by atoms with van der Waals surface area (Å²) < 4.78 is 7.00. The van der Waals surface area contributed by atoms with Gasteiger partial charge in [0.15, 0.2) is 17.3 Å². The molecule has 8 nitrogen and oxygen atoms in total. The first-order valence-corrected chi connectivity index (χ1v) is 4.66. The van der Waals surface area contributed by atoms with Crippen LogP contribution in [0.15, 0.2) is 29.9 Å². The second kappa shape index (κ2) is 4.47. The molecule has 2 aromatic rings. The maximum absolute atomic E-state index is 8.61. The molecule has 88 valence electrons. The molecule has 8 heteroatoms. The zero-order valence-corrected chi connectivity index (χ0v) is 8.98. The Bertz CT molecular complexity index is 550. The minimum atomic E-state index is -0.169. The van der Waals surface area contributed by atoms with Gasteiger partial charge in [0.2, 0.25) is 5.88 Å². The summed E-state index contributed by atoms with van der Waals surface area (Å²) in [6.45, 7) is 0. The quantitative estimate of drug-likeness (QED) is 0.337. The molecule has 0 atom stereocenters. The second-order valence-corrected chi connectivity index (χ2v) is 3.15. The lowest BCUT2D eigenvalue weighted by Crippen LogP contribution is -2.16. The normalized spacial score (nSPS) is 11.5. The lowest BCUT2D eigenvalue weighted by molar-refractivity contribution is 0.318. The zero-order valence-electron chi connectivity index (χ0n) is 8.98. The molecule has 2 heterocycles. The zero-order chi connectivity index (χ0) is 12.3. The Morgan fingerprint density at radius 2 is 2.24 bits per heavy atom. The summed E-state index contributed by atoms with van der Waals surface area (Å²) in [5.74, 6) is 0.466. The number of aryl methyl sites for hydroxylation is 1. The van der Waals surface area contributed by atoms with Gasteiger partial charge in [-0.25, -0.2) is 9.97 Å². The molecule has 0 fully saturated rings. The van der Waals surface area contributed by atoms with Crippen molar-refractivity contribution in [3.8, 4) is 11.6 Å². The van der Waals surface area contributed by atoms with E-state index in [9.17, 15) is 0 Å². The highest BCUT2D eigenvalue weighted by Gasteiger charge is 2.12. The highest BCUT2D eigenvalue weighted by Crippen LogP contribution is 2.20. The van der Waals surface area contributed by atoms with E-state index in [1.54, 1.807) is 17.9 Å². The summed E-state index contributed by atoms with van der Waals surface area (Å²) in [6, 6.07) is 0. The van der Waals surface area contributed by atoms with E-state index in [4.69, 9.17) is 15.7 Å². The van der Waals surface area contributed by atoms with Crippen LogP contribution in [-0.4, -0.2) is 30.8 Å².